The van der Waals surface area contributed by atoms with Crippen molar-refractivity contribution in [2.24, 2.45) is 0 Å². The van der Waals surface area contributed by atoms with Crippen molar-refractivity contribution in [3.8, 4) is 0 Å². The number of nitrogens with zero attached hydrogens (tertiary/aromatic N) is 3. The van der Waals surface area contributed by atoms with Gasteiger partial charge >= 0.3 is 0 Å². The molecule has 1 amide bonds. The summed E-state index contributed by atoms with van der Waals surface area (Å²) in [7, 11) is 0. The Morgan fingerprint density at radius 3 is 2.67 bits per heavy atom. The summed E-state index contributed by atoms with van der Waals surface area (Å²) in [6.07, 6.45) is 1.81. The summed E-state index contributed by atoms with van der Waals surface area (Å²) in [4.78, 5) is 15.7. The van der Waals surface area contributed by atoms with Gasteiger partial charge in [-0.15, -0.1) is 0 Å². The van der Waals surface area contributed by atoms with Gasteiger partial charge in [0.25, 0.3) is 0 Å². The van der Waals surface area contributed by atoms with E-state index in [0.29, 0.717) is 15.6 Å². The third kappa shape index (κ3) is 3.72. The maximum absolute atomic E-state index is 12.0. The standard InChI is InChI=1S/C13H14Cl2N4O2/c1-8(19-7-16-6-18-19)13(21)17-5-11(20)12-9(14)3-2-4-10(12)15/h2-4,6-8,11,20H,5H2,1H3,(H,17,21)/t8-,11-/m1/s1. The van der Waals surface area contributed by atoms with Gasteiger partial charge in [0, 0.05) is 22.2 Å². The third-order valence-electron chi connectivity index (χ3n) is 3.02. The second-order valence-electron chi connectivity index (χ2n) is 4.45. The molecule has 0 bridgehead atoms. The summed E-state index contributed by atoms with van der Waals surface area (Å²) in [6.45, 7) is 1.68. The lowest BCUT2D eigenvalue weighted by Crippen LogP contribution is -2.34. The Labute approximate surface area is 131 Å². The highest BCUT2D eigenvalue weighted by Crippen LogP contribution is 2.29. The maximum atomic E-state index is 12.0. The van der Waals surface area contributed by atoms with Crippen LogP contribution in [0.5, 0.6) is 0 Å². The van der Waals surface area contributed by atoms with Gasteiger partial charge in [-0.1, -0.05) is 29.3 Å². The van der Waals surface area contributed by atoms with E-state index in [1.54, 1.807) is 25.1 Å². The first-order valence-electron chi connectivity index (χ1n) is 6.24. The lowest BCUT2D eigenvalue weighted by molar-refractivity contribution is -0.124. The molecule has 6 nitrogen and oxygen atoms in total. The number of benzene rings is 1. The Bertz CT molecular complexity index is 598. The van der Waals surface area contributed by atoms with E-state index < -0.39 is 12.1 Å². The fourth-order valence-corrected chi connectivity index (χ4v) is 2.46. The normalized spacial score (nSPS) is 13.7. The maximum Gasteiger partial charge on any atom is 0.244 e. The van der Waals surface area contributed by atoms with Gasteiger partial charge in [-0.3, -0.25) is 4.79 Å². The summed E-state index contributed by atoms with van der Waals surface area (Å²) in [5, 5.41) is 17.4. The van der Waals surface area contributed by atoms with Crippen molar-refractivity contribution >= 4 is 29.1 Å². The lowest BCUT2D eigenvalue weighted by Gasteiger charge is -2.17. The molecule has 0 fully saturated rings. The van der Waals surface area contributed by atoms with Crippen molar-refractivity contribution in [2.45, 2.75) is 19.1 Å². The molecule has 2 N–H and O–H groups in total. The zero-order valence-corrected chi connectivity index (χ0v) is 12.7. The number of aliphatic hydroxyl groups excluding tert-OH is 1. The van der Waals surface area contributed by atoms with E-state index in [1.165, 1.54) is 17.3 Å². The van der Waals surface area contributed by atoms with Crippen LogP contribution in [-0.4, -0.2) is 32.3 Å². The summed E-state index contributed by atoms with van der Waals surface area (Å²) < 4.78 is 1.42. The van der Waals surface area contributed by atoms with Gasteiger partial charge in [-0.25, -0.2) is 9.67 Å². The predicted molar refractivity (Wildman–Crippen MR) is 79.2 cm³/mol. The van der Waals surface area contributed by atoms with E-state index in [2.05, 4.69) is 15.4 Å². The number of rotatable bonds is 5. The summed E-state index contributed by atoms with van der Waals surface area (Å²) in [5.74, 6) is -0.289. The van der Waals surface area contributed by atoms with Gasteiger partial charge in [0.15, 0.2) is 0 Å². The van der Waals surface area contributed by atoms with Crippen LogP contribution >= 0.6 is 23.2 Å². The molecule has 2 atom stereocenters. The second-order valence-corrected chi connectivity index (χ2v) is 5.26. The summed E-state index contributed by atoms with van der Waals surface area (Å²) in [5.41, 5.74) is 0.398. The van der Waals surface area contributed by atoms with Crippen LogP contribution in [0, 0.1) is 0 Å². The number of hydrogen-bond donors (Lipinski definition) is 2. The topological polar surface area (TPSA) is 80.0 Å². The molecule has 21 heavy (non-hydrogen) atoms. The van der Waals surface area contributed by atoms with E-state index in [9.17, 15) is 9.90 Å². The molecule has 2 aromatic rings. The molecule has 0 radical (unpaired) electrons. The fraction of sp³-hybridized carbons (Fsp3) is 0.308. The highest BCUT2D eigenvalue weighted by molar-refractivity contribution is 6.36. The molecule has 0 aliphatic carbocycles. The molecule has 0 saturated carbocycles. The zero-order chi connectivity index (χ0) is 15.4. The highest BCUT2D eigenvalue weighted by Gasteiger charge is 2.19. The first-order valence-corrected chi connectivity index (χ1v) is 7.00. The Morgan fingerprint density at radius 1 is 1.43 bits per heavy atom. The molecule has 1 aromatic carbocycles. The Hall–Kier alpha value is -1.63. The second kappa shape index (κ2) is 6.89. The largest absolute Gasteiger partial charge is 0.386 e. The van der Waals surface area contributed by atoms with E-state index in [4.69, 9.17) is 23.2 Å². The molecule has 0 unspecified atom stereocenters. The number of aromatic nitrogens is 3. The van der Waals surface area contributed by atoms with Crippen molar-refractivity contribution in [3.05, 3.63) is 46.5 Å². The lowest BCUT2D eigenvalue weighted by atomic mass is 10.1. The van der Waals surface area contributed by atoms with Gasteiger partial charge in [0.1, 0.15) is 18.7 Å². The van der Waals surface area contributed by atoms with Crippen LogP contribution in [0.25, 0.3) is 0 Å². The van der Waals surface area contributed by atoms with Crippen molar-refractivity contribution in [2.75, 3.05) is 6.54 Å². The average Bonchev–Trinajstić information content (AvgIpc) is 2.97. The van der Waals surface area contributed by atoms with Crippen molar-refractivity contribution in [3.63, 3.8) is 0 Å². The number of aliphatic hydroxyl groups is 1. The minimum atomic E-state index is -0.988. The van der Waals surface area contributed by atoms with Crippen LogP contribution in [-0.2, 0) is 4.79 Å². The number of nitrogens with one attached hydrogen (secondary N) is 1. The Balaban J connectivity index is 1.98. The van der Waals surface area contributed by atoms with E-state index in [1.807, 2.05) is 0 Å². The predicted octanol–water partition coefficient (Wildman–Crippen LogP) is 2.00. The smallest absolute Gasteiger partial charge is 0.244 e. The molecular weight excluding hydrogens is 315 g/mol. The number of carbonyl (C=O) groups is 1. The van der Waals surface area contributed by atoms with Crippen LogP contribution in [0.1, 0.15) is 24.6 Å². The highest BCUT2D eigenvalue weighted by atomic mass is 35.5. The van der Waals surface area contributed by atoms with Gasteiger partial charge in [-0.2, -0.15) is 5.10 Å². The first-order chi connectivity index (χ1) is 10.0. The van der Waals surface area contributed by atoms with Crippen LogP contribution in [0.4, 0.5) is 0 Å². The van der Waals surface area contributed by atoms with Crippen LogP contribution in [0.3, 0.4) is 0 Å². The van der Waals surface area contributed by atoms with E-state index >= 15 is 0 Å². The van der Waals surface area contributed by atoms with Crippen LogP contribution in [0.2, 0.25) is 10.0 Å². The number of halogens is 2. The van der Waals surface area contributed by atoms with Gasteiger partial charge < -0.3 is 10.4 Å². The summed E-state index contributed by atoms with van der Waals surface area (Å²) in [6, 6.07) is 4.42. The SMILES string of the molecule is C[C@H](C(=O)NC[C@@H](O)c1c(Cl)cccc1Cl)n1cncn1. The molecule has 0 saturated heterocycles. The van der Waals surface area contributed by atoms with Crippen LogP contribution in [0.15, 0.2) is 30.9 Å². The van der Waals surface area contributed by atoms with E-state index in [0.717, 1.165) is 0 Å². The monoisotopic (exact) mass is 328 g/mol. The molecule has 1 aromatic heterocycles. The molecule has 0 aliphatic heterocycles. The molecule has 112 valence electrons. The zero-order valence-electron chi connectivity index (χ0n) is 11.2. The van der Waals surface area contributed by atoms with Gasteiger partial charge in [0.2, 0.25) is 5.91 Å². The number of amides is 1. The minimum absolute atomic E-state index is 0.00131. The molecule has 1 heterocycles. The first kappa shape index (κ1) is 15.8. The van der Waals surface area contributed by atoms with Crippen molar-refractivity contribution in [1.82, 2.24) is 20.1 Å². The van der Waals surface area contributed by atoms with Gasteiger partial charge in [-0.05, 0) is 19.1 Å². The fourth-order valence-electron chi connectivity index (χ4n) is 1.81. The molecule has 2 rings (SSSR count). The number of carbonyl (C=O) groups excluding carboxylic acids is 1. The third-order valence-corrected chi connectivity index (χ3v) is 3.67. The number of hydrogen-bond acceptors (Lipinski definition) is 4. The molecule has 0 aliphatic rings. The Kier molecular flexibility index (Phi) is 5.17. The summed E-state index contributed by atoms with van der Waals surface area (Å²) >= 11 is 12.0. The quantitative estimate of drug-likeness (QED) is 0.879. The minimum Gasteiger partial charge on any atom is -0.386 e. The molecule has 8 heteroatoms. The van der Waals surface area contributed by atoms with Crippen molar-refractivity contribution < 1.29 is 9.90 Å². The Morgan fingerprint density at radius 2 is 2.10 bits per heavy atom. The van der Waals surface area contributed by atoms with Crippen LogP contribution < -0.4 is 5.32 Å². The average molecular weight is 329 g/mol. The van der Waals surface area contributed by atoms with E-state index in [-0.39, 0.29) is 12.5 Å². The van der Waals surface area contributed by atoms with Crippen molar-refractivity contribution in [1.29, 1.82) is 0 Å². The van der Waals surface area contributed by atoms with Gasteiger partial charge in [0.05, 0.1) is 6.10 Å². The molecule has 0 spiro atoms. The molecular formula is C13H14Cl2N4O2.